The number of esters is 1. The number of pyridine rings is 1. The fourth-order valence-corrected chi connectivity index (χ4v) is 3.17. The summed E-state index contributed by atoms with van der Waals surface area (Å²) in [5.41, 5.74) is 3.07. The average Bonchev–Trinajstić information content (AvgIpc) is 2.68. The van der Waals surface area contributed by atoms with Crippen LogP contribution in [0.3, 0.4) is 0 Å². The summed E-state index contributed by atoms with van der Waals surface area (Å²) in [6.45, 7) is 2.66. The number of amides is 1. The minimum atomic E-state index is -0.232. The average molecular weight is 397 g/mol. The number of nitrogens with one attached hydrogen (secondary N) is 1. The van der Waals surface area contributed by atoms with Crippen LogP contribution in [0.5, 0.6) is 0 Å². The normalized spacial score (nSPS) is 10.6. The van der Waals surface area contributed by atoms with Gasteiger partial charge in [0.2, 0.25) is 0 Å². The van der Waals surface area contributed by atoms with Gasteiger partial charge in [-0.15, -0.1) is 0 Å². The van der Waals surface area contributed by atoms with E-state index in [1.54, 1.807) is 25.3 Å². The van der Waals surface area contributed by atoms with Gasteiger partial charge in [-0.05, 0) is 42.7 Å². The van der Waals surface area contributed by atoms with Gasteiger partial charge in [-0.3, -0.25) is 14.6 Å². The van der Waals surface area contributed by atoms with Crippen LogP contribution in [0.1, 0.15) is 28.4 Å². The highest BCUT2D eigenvalue weighted by Crippen LogP contribution is 2.22. The topological polar surface area (TPSA) is 68.3 Å². The number of nitrogens with zero attached hydrogens (tertiary/aromatic N) is 1. The van der Waals surface area contributed by atoms with Gasteiger partial charge >= 0.3 is 5.97 Å². The lowest BCUT2D eigenvalue weighted by Gasteiger charge is -2.09. The molecule has 1 aromatic heterocycles. The predicted octanol–water partition coefficient (Wildman–Crippen LogP) is 3.97. The molecule has 1 N–H and O–H groups in total. The Morgan fingerprint density at radius 3 is 2.61 bits per heavy atom. The number of carbonyl (C=O) groups excluding carboxylic acids is 2. The lowest BCUT2D eigenvalue weighted by molar-refractivity contribution is -0.142. The van der Waals surface area contributed by atoms with Gasteiger partial charge in [0.05, 0.1) is 24.1 Å². The number of hydrogen-bond acceptors (Lipinski definition) is 4. The van der Waals surface area contributed by atoms with Crippen molar-refractivity contribution in [1.82, 2.24) is 10.3 Å². The van der Waals surface area contributed by atoms with Crippen molar-refractivity contribution in [2.24, 2.45) is 0 Å². The van der Waals surface area contributed by atoms with Crippen LogP contribution in [0, 0.1) is 0 Å². The molecule has 1 heterocycles. The van der Waals surface area contributed by atoms with Gasteiger partial charge in [0.15, 0.2) is 0 Å². The van der Waals surface area contributed by atoms with Crippen molar-refractivity contribution in [1.29, 1.82) is 0 Å². The number of rotatable bonds is 7. The van der Waals surface area contributed by atoms with Crippen molar-refractivity contribution in [3.63, 3.8) is 0 Å². The fraction of sp³-hybridized carbons (Fsp3) is 0.227. The molecule has 2 aromatic carbocycles. The van der Waals surface area contributed by atoms with Crippen LogP contribution >= 0.6 is 11.6 Å². The third-order valence-electron chi connectivity index (χ3n) is 4.29. The van der Waals surface area contributed by atoms with Gasteiger partial charge < -0.3 is 10.1 Å². The lowest BCUT2D eigenvalue weighted by atomic mass is 10.1. The second-order valence-electron chi connectivity index (χ2n) is 6.33. The number of hydrogen-bond donors (Lipinski definition) is 1. The van der Waals surface area contributed by atoms with Crippen LogP contribution in [-0.4, -0.2) is 30.0 Å². The van der Waals surface area contributed by atoms with Crippen LogP contribution < -0.4 is 5.32 Å². The summed E-state index contributed by atoms with van der Waals surface area (Å²) in [6, 6.07) is 14.8. The summed E-state index contributed by atoms with van der Waals surface area (Å²) >= 11 is 6.13. The Balaban J connectivity index is 1.58. The van der Waals surface area contributed by atoms with Gasteiger partial charge in [-0.1, -0.05) is 41.9 Å². The first kappa shape index (κ1) is 19.8. The monoisotopic (exact) mass is 396 g/mol. The molecular formula is C22H21ClN2O3. The standard InChI is InChI=1S/C22H21ClN2O3/c1-2-28-20(26)12-16-7-5-15(6-8-16)9-11-25-22(27)19-14-18(23)13-17-4-3-10-24-21(17)19/h3-8,10,13-14H,2,9,11-12H2,1H3,(H,25,27). The van der Waals surface area contributed by atoms with E-state index >= 15 is 0 Å². The molecule has 0 saturated heterocycles. The van der Waals surface area contributed by atoms with Gasteiger partial charge in [0.1, 0.15) is 0 Å². The van der Waals surface area contributed by atoms with Crippen molar-refractivity contribution in [3.05, 3.63) is 76.4 Å². The molecule has 0 fully saturated rings. The van der Waals surface area contributed by atoms with Gasteiger partial charge in [-0.25, -0.2) is 0 Å². The van der Waals surface area contributed by atoms with Crippen LogP contribution in [-0.2, 0) is 22.4 Å². The molecule has 0 bridgehead atoms. The quantitative estimate of drug-likeness (QED) is 0.613. The first-order valence-electron chi connectivity index (χ1n) is 9.12. The Morgan fingerprint density at radius 1 is 1.11 bits per heavy atom. The van der Waals surface area contributed by atoms with E-state index < -0.39 is 0 Å². The van der Waals surface area contributed by atoms with E-state index in [0.717, 1.165) is 16.5 Å². The number of halogens is 1. The van der Waals surface area contributed by atoms with Crippen LogP contribution in [0.25, 0.3) is 10.9 Å². The molecule has 5 nitrogen and oxygen atoms in total. The summed E-state index contributed by atoms with van der Waals surface area (Å²) in [6.07, 6.45) is 2.60. The maximum absolute atomic E-state index is 12.6. The number of benzene rings is 2. The molecule has 144 valence electrons. The largest absolute Gasteiger partial charge is 0.466 e. The molecule has 0 aliphatic rings. The smallest absolute Gasteiger partial charge is 0.310 e. The maximum Gasteiger partial charge on any atom is 0.310 e. The Kier molecular flexibility index (Phi) is 6.61. The second-order valence-corrected chi connectivity index (χ2v) is 6.77. The van der Waals surface area contributed by atoms with E-state index in [1.165, 1.54) is 0 Å². The SMILES string of the molecule is CCOC(=O)Cc1ccc(CCNC(=O)c2cc(Cl)cc3cccnc23)cc1. The Bertz CT molecular complexity index is 987. The first-order chi connectivity index (χ1) is 13.6. The Labute approximate surface area is 168 Å². The van der Waals surface area contributed by atoms with Crippen LogP contribution in [0.15, 0.2) is 54.7 Å². The van der Waals surface area contributed by atoms with Crippen LogP contribution in [0.2, 0.25) is 5.02 Å². The van der Waals surface area contributed by atoms with Gasteiger partial charge in [0.25, 0.3) is 5.91 Å². The van der Waals surface area contributed by atoms with Gasteiger partial charge in [-0.2, -0.15) is 0 Å². The summed E-state index contributed by atoms with van der Waals surface area (Å²) < 4.78 is 4.95. The number of aromatic nitrogens is 1. The molecule has 3 aromatic rings. The van der Waals surface area contributed by atoms with E-state index in [9.17, 15) is 9.59 Å². The zero-order valence-electron chi connectivity index (χ0n) is 15.6. The highest BCUT2D eigenvalue weighted by atomic mass is 35.5. The number of fused-ring (bicyclic) bond motifs is 1. The third kappa shape index (κ3) is 5.08. The fourth-order valence-electron chi connectivity index (χ4n) is 2.95. The first-order valence-corrected chi connectivity index (χ1v) is 9.50. The highest BCUT2D eigenvalue weighted by molar-refractivity contribution is 6.32. The van der Waals surface area contributed by atoms with Crippen molar-refractivity contribution in [2.75, 3.05) is 13.2 Å². The Morgan fingerprint density at radius 2 is 1.86 bits per heavy atom. The molecule has 0 spiro atoms. The summed E-state index contributed by atoms with van der Waals surface area (Å²) in [7, 11) is 0. The molecular weight excluding hydrogens is 376 g/mol. The second kappa shape index (κ2) is 9.33. The van der Waals surface area contributed by atoms with Crippen LogP contribution in [0.4, 0.5) is 0 Å². The molecule has 0 atom stereocenters. The van der Waals surface area contributed by atoms with Crippen molar-refractivity contribution in [3.8, 4) is 0 Å². The summed E-state index contributed by atoms with van der Waals surface area (Å²) in [5, 5.41) is 4.25. The minimum absolute atomic E-state index is 0.204. The highest BCUT2D eigenvalue weighted by Gasteiger charge is 2.12. The number of ether oxygens (including phenoxy) is 1. The van der Waals surface area contributed by atoms with Crippen molar-refractivity contribution < 1.29 is 14.3 Å². The lowest BCUT2D eigenvalue weighted by Crippen LogP contribution is -2.26. The molecule has 1 amide bonds. The van der Waals surface area contributed by atoms with Crippen molar-refractivity contribution in [2.45, 2.75) is 19.8 Å². The molecule has 0 aliphatic carbocycles. The zero-order valence-corrected chi connectivity index (χ0v) is 16.3. The maximum atomic E-state index is 12.6. The van der Waals surface area contributed by atoms with E-state index in [-0.39, 0.29) is 18.3 Å². The molecule has 0 saturated carbocycles. The number of carbonyl (C=O) groups is 2. The van der Waals surface area contributed by atoms with Crippen molar-refractivity contribution >= 4 is 34.4 Å². The molecule has 6 heteroatoms. The minimum Gasteiger partial charge on any atom is -0.466 e. The van der Waals surface area contributed by atoms with E-state index in [4.69, 9.17) is 16.3 Å². The summed E-state index contributed by atoms with van der Waals surface area (Å²) in [4.78, 5) is 28.4. The van der Waals surface area contributed by atoms with E-state index in [0.29, 0.717) is 35.7 Å². The zero-order chi connectivity index (χ0) is 19.9. The summed E-state index contributed by atoms with van der Waals surface area (Å²) in [5.74, 6) is -0.435. The van der Waals surface area contributed by atoms with Gasteiger partial charge in [0, 0.05) is 23.2 Å². The van der Waals surface area contributed by atoms with E-state index in [1.807, 2.05) is 36.4 Å². The molecule has 0 unspecified atom stereocenters. The molecule has 0 aliphatic heterocycles. The molecule has 3 rings (SSSR count). The van der Waals surface area contributed by atoms with E-state index in [2.05, 4.69) is 10.3 Å². The third-order valence-corrected chi connectivity index (χ3v) is 4.51. The molecule has 28 heavy (non-hydrogen) atoms. The predicted molar refractivity (Wildman–Crippen MR) is 110 cm³/mol. The Hall–Kier alpha value is -2.92. The molecule has 0 radical (unpaired) electrons.